The van der Waals surface area contributed by atoms with E-state index in [1.807, 2.05) is 31.2 Å². The van der Waals surface area contributed by atoms with Gasteiger partial charge in [-0.3, -0.25) is 0 Å². The van der Waals surface area contributed by atoms with Crippen molar-refractivity contribution < 1.29 is 9.90 Å². The third-order valence-electron chi connectivity index (χ3n) is 2.81. The van der Waals surface area contributed by atoms with Gasteiger partial charge in [0.15, 0.2) is 0 Å². The predicted octanol–water partition coefficient (Wildman–Crippen LogP) is 2.34. The molecule has 0 fully saturated rings. The van der Waals surface area contributed by atoms with E-state index in [0.717, 1.165) is 17.0 Å². The lowest BCUT2D eigenvalue weighted by molar-refractivity contribution is 0.234. The Kier molecular flexibility index (Phi) is 7.30. The van der Waals surface area contributed by atoms with E-state index in [2.05, 4.69) is 10.6 Å². The first-order valence-electron chi connectivity index (χ1n) is 6.52. The topological polar surface area (TPSA) is 61.4 Å². The van der Waals surface area contributed by atoms with Crippen LogP contribution in [0.3, 0.4) is 0 Å². The molecule has 0 spiro atoms. The number of amides is 2. The predicted molar refractivity (Wildman–Crippen MR) is 77.5 cm³/mol. The molecule has 3 N–H and O–H groups in total. The number of hydrogen-bond acceptors (Lipinski definition) is 2. The Labute approximate surface area is 119 Å². The van der Waals surface area contributed by atoms with E-state index in [1.54, 1.807) is 0 Å². The highest BCUT2D eigenvalue weighted by Gasteiger charge is 2.06. The van der Waals surface area contributed by atoms with Crippen LogP contribution in [0.2, 0.25) is 5.02 Å². The Morgan fingerprint density at radius 3 is 2.84 bits per heavy atom. The summed E-state index contributed by atoms with van der Waals surface area (Å²) in [5, 5.41) is 15.0. The molecule has 0 aromatic heterocycles. The monoisotopic (exact) mass is 284 g/mol. The average Bonchev–Trinajstić information content (AvgIpc) is 2.38. The molecule has 1 unspecified atom stereocenters. The van der Waals surface area contributed by atoms with E-state index in [0.29, 0.717) is 19.4 Å². The number of aliphatic hydroxyl groups is 1. The van der Waals surface area contributed by atoms with Crippen LogP contribution in [-0.4, -0.2) is 30.3 Å². The standard InChI is InChI=1S/C14H21ClN2O2/c1-11(5-4-10-18)17-14(19)16-9-8-12-6-2-3-7-13(12)15/h2-3,6-7,11,18H,4-5,8-10H2,1H3,(H2,16,17,19). The van der Waals surface area contributed by atoms with Crippen LogP contribution in [-0.2, 0) is 6.42 Å². The molecule has 0 aliphatic rings. The molecule has 1 rings (SSSR count). The zero-order valence-corrected chi connectivity index (χ0v) is 11.9. The van der Waals surface area contributed by atoms with Crippen molar-refractivity contribution in [1.29, 1.82) is 0 Å². The summed E-state index contributed by atoms with van der Waals surface area (Å²) in [5.41, 5.74) is 1.03. The maximum absolute atomic E-state index is 11.6. The second kappa shape index (κ2) is 8.77. The quantitative estimate of drug-likeness (QED) is 0.720. The Morgan fingerprint density at radius 2 is 2.16 bits per heavy atom. The molecule has 0 aliphatic carbocycles. The number of halogens is 1. The Hall–Kier alpha value is -1.26. The lowest BCUT2D eigenvalue weighted by Gasteiger charge is -2.14. The molecule has 0 radical (unpaired) electrons. The van der Waals surface area contributed by atoms with Gasteiger partial charge in [0.25, 0.3) is 0 Å². The summed E-state index contributed by atoms with van der Waals surface area (Å²) in [5.74, 6) is 0. The van der Waals surface area contributed by atoms with Gasteiger partial charge in [-0.15, -0.1) is 0 Å². The first-order chi connectivity index (χ1) is 9.13. The molecule has 0 saturated heterocycles. The number of rotatable bonds is 7. The Balaban J connectivity index is 2.22. The van der Waals surface area contributed by atoms with Crippen LogP contribution in [0.25, 0.3) is 0 Å². The molecular formula is C14H21ClN2O2. The average molecular weight is 285 g/mol. The Morgan fingerprint density at radius 1 is 1.42 bits per heavy atom. The largest absolute Gasteiger partial charge is 0.396 e. The van der Waals surface area contributed by atoms with Gasteiger partial charge in [0.1, 0.15) is 0 Å². The van der Waals surface area contributed by atoms with Crippen LogP contribution in [0.4, 0.5) is 4.79 Å². The van der Waals surface area contributed by atoms with Crippen LogP contribution in [0.15, 0.2) is 24.3 Å². The molecule has 5 heteroatoms. The van der Waals surface area contributed by atoms with Crippen molar-refractivity contribution in [3.8, 4) is 0 Å². The van der Waals surface area contributed by atoms with Crippen molar-refractivity contribution in [3.05, 3.63) is 34.9 Å². The van der Waals surface area contributed by atoms with Gasteiger partial charge in [0.2, 0.25) is 0 Å². The highest BCUT2D eigenvalue weighted by atomic mass is 35.5. The number of nitrogens with one attached hydrogen (secondary N) is 2. The van der Waals surface area contributed by atoms with E-state index in [1.165, 1.54) is 0 Å². The van der Waals surface area contributed by atoms with Crippen molar-refractivity contribution >= 4 is 17.6 Å². The van der Waals surface area contributed by atoms with Crippen LogP contribution in [0, 0.1) is 0 Å². The fourth-order valence-corrected chi connectivity index (χ4v) is 1.99. The summed E-state index contributed by atoms with van der Waals surface area (Å²) >= 11 is 6.03. The summed E-state index contributed by atoms with van der Waals surface area (Å²) in [4.78, 5) is 11.6. The summed E-state index contributed by atoms with van der Waals surface area (Å²) in [6.45, 7) is 2.62. The summed E-state index contributed by atoms with van der Waals surface area (Å²) in [6.07, 6.45) is 2.17. The van der Waals surface area contributed by atoms with Gasteiger partial charge >= 0.3 is 6.03 Å². The fourth-order valence-electron chi connectivity index (χ4n) is 1.76. The van der Waals surface area contributed by atoms with E-state index < -0.39 is 0 Å². The van der Waals surface area contributed by atoms with Crippen LogP contribution < -0.4 is 10.6 Å². The van der Waals surface area contributed by atoms with Crippen molar-refractivity contribution in [1.82, 2.24) is 10.6 Å². The van der Waals surface area contributed by atoms with Gasteiger partial charge in [-0.1, -0.05) is 29.8 Å². The van der Waals surface area contributed by atoms with Gasteiger partial charge in [0, 0.05) is 24.2 Å². The van der Waals surface area contributed by atoms with Crippen molar-refractivity contribution in [2.75, 3.05) is 13.2 Å². The van der Waals surface area contributed by atoms with E-state index in [4.69, 9.17) is 16.7 Å². The smallest absolute Gasteiger partial charge is 0.315 e. The number of hydrogen-bond donors (Lipinski definition) is 3. The fraction of sp³-hybridized carbons (Fsp3) is 0.500. The molecule has 0 aliphatic heterocycles. The minimum atomic E-state index is -0.183. The molecule has 106 valence electrons. The number of benzene rings is 1. The van der Waals surface area contributed by atoms with Crippen LogP contribution >= 0.6 is 11.6 Å². The third kappa shape index (κ3) is 6.45. The van der Waals surface area contributed by atoms with Crippen LogP contribution in [0.1, 0.15) is 25.3 Å². The van der Waals surface area contributed by atoms with Crippen LogP contribution in [0.5, 0.6) is 0 Å². The molecule has 4 nitrogen and oxygen atoms in total. The van der Waals surface area contributed by atoms with E-state index in [9.17, 15) is 4.79 Å². The molecule has 19 heavy (non-hydrogen) atoms. The minimum Gasteiger partial charge on any atom is -0.396 e. The summed E-state index contributed by atoms with van der Waals surface area (Å²) in [7, 11) is 0. The Bertz CT molecular complexity index is 399. The molecule has 0 saturated carbocycles. The van der Waals surface area contributed by atoms with Gasteiger partial charge in [-0.25, -0.2) is 4.79 Å². The second-order valence-electron chi connectivity index (χ2n) is 4.51. The molecule has 0 bridgehead atoms. The van der Waals surface area contributed by atoms with E-state index in [-0.39, 0.29) is 18.7 Å². The van der Waals surface area contributed by atoms with Gasteiger partial charge in [0.05, 0.1) is 0 Å². The SMILES string of the molecule is CC(CCCO)NC(=O)NCCc1ccccc1Cl. The van der Waals surface area contributed by atoms with E-state index >= 15 is 0 Å². The number of carbonyl (C=O) groups is 1. The van der Waals surface area contributed by atoms with Crippen molar-refractivity contribution in [2.24, 2.45) is 0 Å². The summed E-state index contributed by atoms with van der Waals surface area (Å²) < 4.78 is 0. The first-order valence-corrected chi connectivity index (χ1v) is 6.90. The van der Waals surface area contributed by atoms with Gasteiger partial charge in [-0.2, -0.15) is 0 Å². The zero-order valence-electron chi connectivity index (χ0n) is 11.2. The third-order valence-corrected chi connectivity index (χ3v) is 3.18. The molecule has 1 aromatic carbocycles. The number of aliphatic hydroxyl groups excluding tert-OH is 1. The molecule has 0 heterocycles. The maximum Gasteiger partial charge on any atom is 0.315 e. The highest BCUT2D eigenvalue weighted by molar-refractivity contribution is 6.31. The number of urea groups is 1. The van der Waals surface area contributed by atoms with Crippen molar-refractivity contribution in [3.63, 3.8) is 0 Å². The second-order valence-corrected chi connectivity index (χ2v) is 4.92. The first kappa shape index (κ1) is 15.8. The lowest BCUT2D eigenvalue weighted by Crippen LogP contribution is -2.41. The summed E-state index contributed by atoms with van der Waals surface area (Å²) in [6, 6.07) is 7.48. The maximum atomic E-state index is 11.6. The molecule has 2 amide bonds. The van der Waals surface area contributed by atoms with Crippen molar-refractivity contribution in [2.45, 2.75) is 32.2 Å². The lowest BCUT2D eigenvalue weighted by atomic mass is 10.1. The van der Waals surface area contributed by atoms with Gasteiger partial charge in [-0.05, 0) is 37.8 Å². The number of carbonyl (C=O) groups excluding carboxylic acids is 1. The normalized spacial score (nSPS) is 11.9. The highest BCUT2D eigenvalue weighted by Crippen LogP contribution is 2.14. The minimum absolute atomic E-state index is 0.0625. The zero-order chi connectivity index (χ0) is 14.1. The molecular weight excluding hydrogens is 264 g/mol. The molecule has 1 atom stereocenters. The molecule has 1 aromatic rings. The van der Waals surface area contributed by atoms with Gasteiger partial charge < -0.3 is 15.7 Å².